The first kappa shape index (κ1) is 15.0. The zero-order chi connectivity index (χ0) is 16.4. The van der Waals surface area contributed by atoms with E-state index in [2.05, 4.69) is 26.1 Å². The third kappa shape index (κ3) is 2.95. The molecule has 0 radical (unpaired) electrons. The summed E-state index contributed by atoms with van der Waals surface area (Å²) in [6.45, 7) is 1.62. The van der Waals surface area contributed by atoms with Crippen molar-refractivity contribution in [1.82, 2.24) is 29.9 Å². The van der Waals surface area contributed by atoms with Crippen LogP contribution >= 0.6 is 0 Å². The van der Waals surface area contributed by atoms with E-state index in [9.17, 15) is 0 Å². The molecule has 124 valence electrons. The lowest BCUT2D eigenvalue weighted by atomic mass is 10.2. The van der Waals surface area contributed by atoms with Crippen molar-refractivity contribution in [1.29, 1.82) is 0 Å². The summed E-state index contributed by atoms with van der Waals surface area (Å²) in [6.07, 6.45) is 4.66. The molecular formula is C17H20N6O. The summed E-state index contributed by atoms with van der Waals surface area (Å²) in [4.78, 5) is 6.66. The molecule has 0 bridgehead atoms. The summed E-state index contributed by atoms with van der Waals surface area (Å²) in [5.74, 6) is 0.886. The van der Waals surface area contributed by atoms with Gasteiger partial charge in [-0.15, -0.1) is 0 Å². The largest absolute Gasteiger partial charge is 0.380 e. The van der Waals surface area contributed by atoms with Gasteiger partial charge in [0, 0.05) is 26.4 Å². The number of hydrogen-bond donors (Lipinski definition) is 1. The fourth-order valence-electron chi connectivity index (χ4n) is 3.25. The predicted molar refractivity (Wildman–Crippen MR) is 88.5 cm³/mol. The molecule has 7 heteroatoms. The smallest absolute Gasteiger partial charge is 0.141 e. The van der Waals surface area contributed by atoms with E-state index in [0.717, 1.165) is 36.7 Å². The number of aromatic amines is 1. The van der Waals surface area contributed by atoms with Gasteiger partial charge in [-0.25, -0.2) is 9.67 Å². The number of hydrogen-bond acceptors (Lipinski definition) is 5. The monoisotopic (exact) mass is 324 g/mol. The number of H-pyrrole nitrogens is 1. The minimum atomic E-state index is 0.180. The first-order valence-electron chi connectivity index (χ1n) is 8.05. The zero-order valence-corrected chi connectivity index (χ0v) is 13.5. The Hall–Kier alpha value is -2.51. The van der Waals surface area contributed by atoms with Crippen LogP contribution in [0.2, 0.25) is 0 Å². The van der Waals surface area contributed by atoms with Crippen LogP contribution in [0.3, 0.4) is 0 Å². The highest BCUT2D eigenvalue weighted by molar-refractivity contribution is 5.30. The van der Waals surface area contributed by atoms with Crippen molar-refractivity contribution < 1.29 is 4.74 Å². The van der Waals surface area contributed by atoms with E-state index >= 15 is 0 Å². The molecule has 3 aromatic rings. The second-order valence-electron chi connectivity index (χ2n) is 6.00. The lowest BCUT2D eigenvalue weighted by Gasteiger charge is -2.20. The van der Waals surface area contributed by atoms with E-state index in [1.807, 2.05) is 41.2 Å². The SMILES string of the molecule is CO[C@@H]1C[C@@H](c2ncn[nH]2)N(Cc2ccn(-c3ccccc3)n2)C1. The molecule has 1 aromatic carbocycles. The van der Waals surface area contributed by atoms with Gasteiger partial charge in [-0.1, -0.05) is 18.2 Å². The molecule has 1 N–H and O–H groups in total. The van der Waals surface area contributed by atoms with E-state index in [-0.39, 0.29) is 12.1 Å². The Morgan fingerprint density at radius 3 is 2.88 bits per heavy atom. The average molecular weight is 324 g/mol. The fourth-order valence-corrected chi connectivity index (χ4v) is 3.25. The minimum Gasteiger partial charge on any atom is -0.380 e. The highest BCUT2D eigenvalue weighted by Crippen LogP contribution is 2.32. The van der Waals surface area contributed by atoms with E-state index in [1.165, 1.54) is 0 Å². The normalized spacial score (nSPS) is 21.4. The van der Waals surface area contributed by atoms with Crippen LogP contribution in [-0.2, 0) is 11.3 Å². The Bertz CT molecular complexity index is 770. The maximum atomic E-state index is 5.55. The molecule has 24 heavy (non-hydrogen) atoms. The van der Waals surface area contributed by atoms with E-state index in [1.54, 1.807) is 13.4 Å². The van der Waals surface area contributed by atoms with Gasteiger partial charge in [-0.3, -0.25) is 10.00 Å². The standard InChI is InChI=1S/C17H20N6O/c1-24-15-9-16(17-18-12-19-20-17)22(11-15)10-13-7-8-23(21-13)14-5-3-2-4-6-14/h2-8,12,15-16H,9-11H2,1H3,(H,18,19,20)/t15-,16+/m1/s1. The summed E-state index contributed by atoms with van der Waals surface area (Å²) in [6, 6.07) is 12.4. The molecule has 1 saturated heterocycles. The number of aromatic nitrogens is 5. The maximum absolute atomic E-state index is 5.55. The second kappa shape index (κ2) is 6.54. The first-order valence-corrected chi connectivity index (χ1v) is 8.05. The number of nitrogens with zero attached hydrogens (tertiary/aromatic N) is 5. The Morgan fingerprint density at radius 1 is 1.25 bits per heavy atom. The van der Waals surface area contributed by atoms with Crippen LogP contribution in [0.4, 0.5) is 0 Å². The van der Waals surface area contributed by atoms with E-state index in [4.69, 9.17) is 9.84 Å². The van der Waals surface area contributed by atoms with Crippen LogP contribution in [0.25, 0.3) is 5.69 Å². The van der Waals surface area contributed by atoms with E-state index in [0.29, 0.717) is 0 Å². The van der Waals surface area contributed by atoms with Crippen molar-refractivity contribution in [2.75, 3.05) is 13.7 Å². The molecule has 1 aliphatic rings. The fraction of sp³-hybridized carbons (Fsp3) is 0.353. The summed E-state index contributed by atoms with van der Waals surface area (Å²) < 4.78 is 7.46. The lowest BCUT2D eigenvalue weighted by Crippen LogP contribution is -2.25. The summed E-state index contributed by atoms with van der Waals surface area (Å²) in [5.41, 5.74) is 2.09. The third-order valence-corrected chi connectivity index (χ3v) is 4.48. The molecule has 0 amide bonds. The second-order valence-corrected chi connectivity index (χ2v) is 6.00. The van der Waals surface area contributed by atoms with Crippen LogP contribution in [0.5, 0.6) is 0 Å². The third-order valence-electron chi connectivity index (χ3n) is 4.48. The van der Waals surface area contributed by atoms with Gasteiger partial charge < -0.3 is 4.74 Å². The Morgan fingerprint density at radius 2 is 2.12 bits per heavy atom. The van der Waals surface area contributed by atoms with Gasteiger partial charge in [0.2, 0.25) is 0 Å². The molecule has 1 fully saturated rings. The Labute approximate surface area is 140 Å². The predicted octanol–water partition coefficient (Wildman–Crippen LogP) is 1.95. The molecule has 0 aliphatic carbocycles. The number of rotatable bonds is 5. The topological polar surface area (TPSA) is 71.9 Å². The number of nitrogens with one attached hydrogen (secondary N) is 1. The van der Waals surface area contributed by atoms with Crippen molar-refractivity contribution in [3.63, 3.8) is 0 Å². The van der Waals surface area contributed by atoms with Crippen LogP contribution < -0.4 is 0 Å². The number of benzene rings is 1. The lowest BCUT2D eigenvalue weighted by molar-refractivity contribution is 0.107. The van der Waals surface area contributed by atoms with Crippen molar-refractivity contribution in [3.8, 4) is 5.69 Å². The Kier molecular flexibility index (Phi) is 4.10. The van der Waals surface area contributed by atoms with Gasteiger partial charge >= 0.3 is 0 Å². The van der Waals surface area contributed by atoms with Gasteiger partial charge in [0.05, 0.1) is 23.5 Å². The molecule has 0 spiro atoms. The number of ether oxygens (including phenoxy) is 1. The molecule has 0 unspecified atom stereocenters. The first-order chi connectivity index (χ1) is 11.8. The molecular weight excluding hydrogens is 304 g/mol. The minimum absolute atomic E-state index is 0.180. The highest BCUT2D eigenvalue weighted by atomic mass is 16.5. The molecule has 4 rings (SSSR count). The highest BCUT2D eigenvalue weighted by Gasteiger charge is 2.35. The van der Waals surface area contributed by atoms with Crippen LogP contribution in [0.1, 0.15) is 24.0 Å². The average Bonchev–Trinajstić information content (AvgIpc) is 3.36. The quantitative estimate of drug-likeness (QED) is 0.777. The van der Waals surface area contributed by atoms with Crippen LogP contribution in [0.15, 0.2) is 48.9 Å². The van der Waals surface area contributed by atoms with E-state index < -0.39 is 0 Å². The van der Waals surface area contributed by atoms with Crippen molar-refractivity contribution in [2.24, 2.45) is 0 Å². The molecule has 7 nitrogen and oxygen atoms in total. The van der Waals surface area contributed by atoms with Crippen molar-refractivity contribution >= 4 is 0 Å². The summed E-state index contributed by atoms with van der Waals surface area (Å²) >= 11 is 0. The van der Waals surface area contributed by atoms with Crippen molar-refractivity contribution in [3.05, 3.63) is 60.4 Å². The maximum Gasteiger partial charge on any atom is 0.141 e. The summed E-state index contributed by atoms with van der Waals surface area (Å²) in [7, 11) is 1.76. The van der Waals surface area contributed by atoms with Crippen LogP contribution in [0, 0.1) is 0 Å². The number of methoxy groups -OCH3 is 1. The molecule has 1 aliphatic heterocycles. The van der Waals surface area contributed by atoms with Crippen molar-refractivity contribution in [2.45, 2.75) is 25.1 Å². The van der Waals surface area contributed by atoms with Gasteiger partial charge in [0.1, 0.15) is 12.2 Å². The molecule has 2 aromatic heterocycles. The summed E-state index contributed by atoms with van der Waals surface area (Å²) in [5, 5.41) is 11.7. The molecule has 2 atom stereocenters. The zero-order valence-electron chi connectivity index (χ0n) is 13.5. The number of para-hydroxylation sites is 1. The number of likely N-dealkylation sites (tertiary alicyclic amines) is 1. The molecule has 3 heterocycles. The van der Waals surface area contributed by atoms with Gasteiger partial charge in [0.15, 0.2) is 0 Å². The van der Waals surface area contributed by atoms with Gasteiger partial charge in [-0.05, 0) is 24.6 Å². The van der Waals surface area contributed by atoms with Crippen LogP contribution in [-0.4, -0.2) is 49.6 Å². The van der Waals surface area contributed by atoms with Gasteiger partial charge in [-0.2, -0.15) is 10.2 Å². The van der Waals surface area contributed by atoms with Gasteiger partial charge in [0.25, 0.3) is 0 Å². The molecule has 0 saturated carbocycles. The Balaban J connectivity index is 1.52.